The maximum Gasteiger partial charge on any atom is 0.263 e. The van der Waals surface area contributed by atoms with Gasteiger partial charge in [-0.05, 0) is 24.3 Å². The fourth-order valence-corrected chi connectivity index (χ4v) is 1.98. The number of rotatable bonds is 5. The second-order valence-electron chi connectivity index (χ2n) is 4.26. The molecule has 0 saturated carbocycles. The highest BCUT2D eigenvalue weighted by atomic mass is 16.5. The molecule has 0 bridgehead atoms. The SMILES string of the molecule is COc1ncccc1C(=O)N(CCC#N)c1ccccc1. The number of carbonyl (C=O) groups is 1. The minimum absolute atomic E-state index is 0.235. The lowest BCUT2D eigenvalue weighted by molar-refractivity contribution is 0.0984. The first-order valence-corrected chi connectivity index (χ1v) is 6.50. The molecule has 0 spiro atoms. The number of methoxy groups -OCH3 is 1. The number of benzene rings is 1. The number of anilines is 1. The first kappa shape index (κ1) is 14.5. The van der Waals surface area contributed by atoms with E-state index in [1.54, 1.807) is 23.2 Å². The van der Waals surface area contributed by atoms with Crippen LogP contribution in [-0.4, -0.2) is 24.5 Å². The molecule has 0 aliphatic rings. The highest BCUT2D eigenvalue weighted by Crippen LogP contribution is 2.21. The third-order valence-electron chi connectivity index (χ3n) is 2.96. The van der Waals surface area contributed by atoms with Crippen molar-refractivity contribution in [3.05, 3.63) is 54.2 Å². The van der Waals surface area contributed by atoms with E-state index < -0.39 is 0 Å². The van der Waals surface area contributed by atoms with E-state index in [4.69, 9.17) is 10.00 Å². The average Bonchev–Trinajstić information content (AvgIpc) is 2.56. The van der Waals surface area contributed by atoms with Crippen LogP contribution in [0, 0.1) is 11.3 Å². The second kappa shape index (κ2) is 7.06. The maximum atomic E-state index is 12.7. The van der Waals surface area contributed by atoms with Crippen molar-refractivity contribution in [1.29, 1.82) is 5.26 Å². The Morgan fingerprint density at radius 2 is 2.05 bits per heavy atom. The van der Waals surface area contributed by atoms with E-state index in [2.05, 4.69) is 11.1 Å². The molecule has 5 heteroatoms. The van der Waals surface area contributed by atoms with Gasteiger partial charge in [-0.1, -0.05) is 18.2 Å². The third-order valence-corrected chi connectivity index (χ3v) is 2.96. The zero-order valence-electron chi connectivity index (χ0n) is 11.7. The van der Waals surface area contributed by atoms with Crippen LogP contribution in [0.25, 0.3) is 0 Å². The highest BCUT2D eigenvalue weighted by molar-refractivity contribution is 6.07. The smallest absolute Gasteiger partial charge is 0.263 e. The predicted molar refractivity (Wildman–Crippen MR) is 79.1 cm³/mol. The minimum atomic E-state index is -0.235. The first-order valence-electron chi connectivity index (χ1n) is 6.50. The summed E-state index contributed by atoms with van der Waals surface area (Å²) in [7, 11) is 1.47. The molecule has 0 aliphatic carbocycles. The number of aromatic nitrogens is 1. The molecule has 1 aromatic heterocycles. The zero-order valence-corrected chi connectivity index (χ0v) is 11.7. The summed E-state index contributed by atoms with van der Waals surface area (Å²) < 4.78 is 5.13. The van der Waals surface area contributed by atoms with Gasteiger partial charge in [0, 0.05) is 18.4 Å². The molecular weight excluding hydrogens is 266 g/mol. The van der Waals surface area contributed by atoms with Gasteiger partial charge in [-0.15, -0.1) is 0 Å². The Hall–Kier alpha value is -2.87. The summed E-state index contributed by atoms with van der Waals surface area (Å²) in [5, 5.41) is 8.79. The maximum absolute atomic E-state index is 12.7. The number of hydrogen-bond donors (Lipinski definition) is 0. The summed E-state index contributed by atoms with van der Waals surface area (Å²) in [4.78, 5) is 18.3. The van der Waals surface area contributed by atoms with E-state index in [1.807, 2.05) is 30.3 Å². The van der Waals surface area contributed by atoms with Crippen molar-refractivity contribution >= 4 is 11.6 Å². The lowest BCUT2D eigenvalue weighted by Gasteiger charge is -2.22. The molecule has 1 aromatic carbocycles. The van der Waals surface area contributed by atoms with Crippen molar-refractivity contribution in [3.8, 4) is 11.9 Å². The molecule has 1 heterocycles. The third kappa shape index (κ3) is 3.37. The van der Waals surface area contributed by atoms with Gasteiger partial charge in [0.25, 0.3) is 5.91 Å². The summed E-state index contributed by atoms with van der Waals surface area (Å²) in [6, 6.07) is 14.6. The highest BCUT2D eigenvalue weighted by Gasteiger charge is 2.21. The molecule has 106 valence electrons. The molecule has 0 unspecified atom stereocenters. The van der Waals surface area contributed by atoms with Crippen LogP contribution in [0.3, 0.4) is 0 Å². The van der Waals surface area contributed by atoms with Gasteiger partial charge >= 0.3 is 0 Å². The van der Waals surface area contributed by atoms with Gasteiger partial charge in [-0.2, -0.15) is 5.26 Å². The molecule has 2 rings (SSSR count). The van der Waals surface area contributed by atoms with Crippen molar-refractivity contribution in [3.63, 3.8) is 0 Å². The van der Waals surface area contributed by atoms with E-state index in [9.17, 15) is 4.79 Å². The molecule has 0 saturated heterocycles. The van der Waals surface area contributed by atoms with E-state index >= 15 is 0 Å². The monoisotopic (exact) mass is 281 g/mol. The molecule has 0 fully saturated rings. The first-order chi connectivity index (χ1) is 10.3. The summed E-state index contributed by atoms with van der Waals surface area (Å²) in [5.41, 5.74) is 1.12. The minimum Gasteiger partial charge on any atom is -0.480 e. The number of pyridine rings is 1. The molecule has 0 atom stereocenters. The number of nitrogens with zero attached hydrogens (tertiary/aromatic N) is 3. The lowest BCUT2D eigenvalue weighted by Crippen LogP contribution is -2.32. The largest absolute Gasteiger partial charge is 0.480 e. The Labute approximate surface area is 123 Å². The van der Waals surface area contributed by atoms with Crippen LogP contribution < -0.4 is 9.64 Å². The van der Waals surface area contributed by atoms with E-state index in [-0.39, 0.29) is 18.2 Å². The second-order valence-corrected chi connectivity index (χ2v) is 4.26. The predicted octanol–water partition coefficient (Wildman–Crippen LogP) is 2.65. The Balaban J connectivity index is 2.37. The van der Waals surface area contributed by atoms with Gasteiger partial charge in [0.15, 0.2) is 0 Å². The molecule has 1 amide bonds. The van der Waals surface area contributed by atoms with Crippen LogP contribution in [-0.2, 0) is 0 Å². The van der Waals surface area contributed by atoms with Crippen LogP contribution >= 0.6 is 0 Å². The standard InChI is InChI=1S/C16H15N3O2/c1-21-15-14(9-5-11-18-15)16(20)19(12-6-10-17)13-7-3-2-4-8-13/h2-5,7-9,11H,6,12H2,1H3. The average molecular weight is 281 g/mol. The Kier molecular flexibility index (Phi) is 4.89. The number of amides is 1. The fourth-order valence-electron chi connectivity index (χ4n) is 1.98. The van der Waals surface area contributed by atoms with E-state index in [0.29, 0.717) is 12.1 Å². The van der Waals surface area contributed by atoms with Gasteiger partial charge < -0.3 is 9.64 Å². The summed E-state index contributed by atoms with van der Waals surface area (Å²) in [6.45, 7) is 0.317. The number of para-hydroxylation sites is 1. The van der Waals surface area contributed by atoms with Gasteiger partial charge in [0.1, 0.15) is 5.56 Å². The fraction of sp³-hybridized carbons (Fsp3) is 0.188. The number of nitriles is 1. The van der Waals surface area contributed by atoms with Crippen LogP contribution in [0.4, 0.5) is 5.69 Å². The van der Waals surface area contributed by atoms with Crippen LogP contribution in [0.2, 0.25) is 0 Å². The Bertz CT molecular complexity index is 650. The number of carbonyl (C=O) groups excluding carboxylic acids is 1. The molecule has 21 heavy (non-hydrogen) atoms. The van der Waals surface area contributed by atoms with E-state index in [1.165, 1.54) is 7.11 Å². The van der Waals surface area contributed by atoms with Gasteiger partial charge in [0.05, 0.1) is 19.6 Å². The van der Waals surface area contributed by atoms with Crippen molar-refractivity contribution < 1.29 is 9.53 Å². The molecule has 0 radical (unpaired) electrons. The zero-order chi connectivity index (χ0) is 15.1. The summed E-state index contributed by atoms with van der Waals surface area (Å²) in [5.74, 6) is 0.0433. The van der Waals surface area contributed by atoms with Crippen molar-refractivity contribution in [2.24, 2.45) is 0 Å². The summed E-state index contributed by atoms with van der Waals surface area (Å²) in [6.07, 6.45) is 1.82. The topological polar surface area (TPSA) is 66.2 Å². The van der Waals surface area contributed by atoms with Crippen LogP contribution in [0.1, 0.15) is 16.8 Å². The van der Waals surface area contributed by atoms with Gasteiger partial charge in [-0.25, -0.2) is 4.98 Å². The number of ether oxygens (including phenoxy) is 1. The van der Waals surface area contributed by atoms with Gasteiger partial charge in [0.2, 0.25) is 5.88 Å². The number of hydrogen-bond acceptors (Lipinski definition) is 4. The normalized spacial score (nSPS) is 9.71. The molecule has 2 aromatic rings. The van der Waals surface area contributed by atoms with Crippen molar-refractivity contribution in [1.82, 2.24) is 4.98 Å². The quantitative estimate of drug-likeness (QED) is 0.845. The molecule has 5 nitrogen and oxygen atoms in total. The van der Waals surface area contributed by atoms with Gasteiger partial charge in [-0.3, -0.25) is 4.79 Å². The molecule has 0 N–H and O–H groups in total. The van der Waals surface area contributed by atoms with Crippen LogP contribution in [0.5, 0.6) is 5.88 Å². The Morgan fingerprint density at radius 3 is 2.71 bits per heavy atom. The molecule has 0 aliphatic heterocycles. The summed E-state index contributed by atoms with van der Waals surface area (Å²) >= 11 is 0. The van der Waals surface area contributed by atoms with E-state index in [0.717, 1.165) is 5.69 Å². The molecular formula is C16H15N3O2. The lowest BCUT2D eigenvalue weighted by atomic mass is 10.2. The van der Waals surface area contributed by atoms with Crippen molar-refractivity contribution in [2.45, 2.75) is 6.42 Å². The Morgan fingerprint density at radius 1 is 1.29 bits per heavy atom. The van der Waals surface area contributed by atoms with Crippen LogP contribution in [0.15, 0.2) is 48.7 Å². The van der Waals surface area contributed by atoms with Crippen molar-refractivity contribution in [2.75, 3.05) is 18.6 Å².